The minimum Gasteiger partial charge on any atom is -0.497 e. The Kier molecular flexibility index (Phi) is 7.04. The fourth-order valence-corrected chi connectivity index (χ4v) is 3.66. The Hall–Kier alpha value is -4.37. The number of para-hydroxylation sites is 1. The highest BCUT2D eigenvalue weighted by molar-refractivity contribution is 7.14. The number of carbonyl (C=O) groups is 2. The van der Waals surface area contributed by atoms with Gasteiger partial charge in [-0.15, -0.1) is 11.3 Å². The molecular formula is C25H21N3O5S. The number of anilines is 2. The number of ether oxygens (including phenoxy) is 3. The van der Waals surface area contributed by atoms with Gasteiger partial charge in [0.15, 0.2) is 5.13 Å². The molecule has 0 saturated heterocycles. The van der Waals surface area contributed by atoms with E-state index in [2.05, 4.69) is 15.6 Å². The monoisotopic (exact) mass is 475 g/mol. The Balaban J connectivity index is 1.37. The molecule has 0 fully saturated rings. The summed E-state index contributed by atoms with van der Waals surface area (Å²) in [6.07, 6.45) is 0. The number of amides is 2. The number of aromatic nitrogens is 1. The van der Waals surface area contributed by atoms with Crippen molar-refractivity contribution in [2.75, 3.05) is 24.9 Å². The fourth-order valence-electron chi connectivity index (χ4n) is 2.97. The summed E-state index contributed by atoms with van der Waals surface area (Å²) in [7, 11) is 3.01. The molecular weight excluding hydrogens is 454 g/mol. The quantitative estimate of drug-likeness (QED) is 0.351. The zero-order valence-corrected chi connectivity index (χ0v) is 19.2. The lowest BCUT2D eigenvalue weighted by Gasteiger charge is -2.08. The second-order valence-electron chi connectivity index (χ2n) is 6.99. The maximum Gasteiger partial charge on any atom is 0.275 e. The van der Waals surface area contributed by atoms with Crippen LogP contribution in [0.1, 0.15) is 20.8 Å². The smallest absolute Gasteiger partial charge is 0.275 e. The van der Waals surface area contributed by atoms with Crippen LogP contribution in [0.5, 0.6) is 23.0 Å². The average Bonchev–Trinajstić information content (AvgIpc) is 3.34. The van der Waals surface area contributed by atoms with Gasteiger partial charge in [0.05, 0.1) is 14.2 Å². The van der Waals surface area contributed by atoms with E-state index >= 15 is 0 Å². The third-order valence-corrected chi connectivity index (χ3v) is 5.42. The fraction of sp³-hybridized carbons (Fsp3) is 0.0800. The van der Waals surface area contributed by atoms with Crippen LogP contribution in [0.2, 0.25) is 0 Å². The third kappa shape index (κ3) is 5.70. The average molecular weight is 476 g/mol. The first-order chi connectivity index (χ1) is 16.5. The topological polar surface area (TPSA) is 98.8 Å². The van der Waals surface area contributed by atoms with E-state index in [0.29, 0.717) is 33.6 Å². The Bertz CT molecular complexity index is 1270. The van der Waals surface area contributed by atoms with Gasteiger partial charge in [-0.1, -0.05) is 18.2 Å². The number of methoxy groups -OCH3 is 2. The van der Waals surface area contributed by atoms with E-state index in [1.807, 2.05) is 30.3 Å². The van der Waals surface area contributed by atoms with Crippen molar-refractivity contribution in [3.05, 3.63) is 89.4 Å². The highest BCUT2D eigenvalue weighted by Gasteiger charge is 2.15. The predicted octanol–water partition coefficient (Wildman–Crippen LogP) is 5.46. The maximum atomic E-state index is 12.6. The van der Waals surface area contributed by atoms with Crippen LogP contribution in [0.3, 0.4) is 0 Å². The van der Waals surface area contributed by atoms with E-state index in [9.17, 15) is 9.59 Å². The number of benzene rings is 3. The Labute approximate surface area is 200 Å². The van der Waals surface area contributed by atoms with E-state index < -0.39 is 11.8 Å². The van der Waals surface area contributed by atoms with Crippen LogP contribution >= 0.6 is 11.3 Å². The summed E-state index contributed by atoms with van der Waals surface area (Å²) in [5, 5.41) is 7.34. The second-order valence-corrected chi connectivity index (χ2v) is 7.85. The van der Waals surface area contributed by atoms with E-state index in [0.717, 1.165) is 17.1 Å². The van der Waals surface area contributed by atoms with Gasteiger partial charge in [-0.05, 0) is 48.5 Å². The van der Waals surface area contributed by atoms with Crippen LogP contribution in [-0.2, 0) is 0 Å². The van der Waals surface area contributed by atoms with Crippen molar-refractivity contribution in [3.8, 4) is 23.0 Å². The molecule has 0 atom stereocenters. The summed E-state index contributed by atoms with van der Waals surface area (Å²) in [5.41, 5.74) is 1.12. The van der Waals surface area contributed by atoms with Crippen molar-refractivity contribution >= 4 is 34.0 Å². The van der Waals surface area contributed by atoms with Crippen LogP contribution in [0, 0.1) is 0 Å². The van der Waals surface area contributed by atoms with Crippen molar-refractivity contribution in [2.45, 2.75) is 0 Å². The number of rotatable bonds is 8. The molecule has 0 saturated carbocycles. The van der Waals surface area contributed by atoms with Crippen molar-refractivity contribution in [2.24, 2.45) is 0 Å². The standard InChI is InChI=1S/C25H21N3O5S/c1-31-20-12-16(13-21(14-20)32-2)23(29)28-25-27-22(15-34-25)24(30)26-17-8-10-19(11-9-17)33-18-6-4-3-5-7-18/h3-15H,1-2H3,(H,26,30)(H,27,28,29). The number of nitrogens with one attached hydrogen (secondary N) is 2. The minimum atomic E-state index is -0.396. The molecule has 34 heavy (non-hydrogen) atoms. The Morgan fingerprint density at radius 3 is 2.06 bits per heavy atom. The molecule has 0 spiro atoms. The summed E-state index contributed by atoms with van der Waals surface area (Å²) >= 11 is 1.15. The van der Waals surface area contributed by atoms with Crippen molar-refractivity contribution in [3.63, 3.8) is 0 Å². The number of thiazole rings is 1. The summed E-state index contributed by atoms with van der Waals surface area (Å²) < 4.78 is 16.1. The largest absolute Gasteiger partial charge is 0.497 e. The van der Waals surface area contributed by atoms with Gasteiger partial charge < -0.3 is 19.5 Å². The molecule has 4 rings (SSSR count). The molecule has 172 valence electrons. The van der Waals surface area contributed by atoms with Crippen molar-refractivity contribution in [1.29, 1.82) is 0 Å². The molecule has 0 aliphatic rings. The van der Waals surface area contributed by atoms with Crippen molar-refractivity contribution in [1.82, 2.24) is 4.98 Å². The van der Waals surface area contributed by atoms with Crippen LogP contribution < -0.4 is 24.8 Å². The van der Waals surface area contributed by atoms with Crippen molar-refractivity contribution < 1.29 is 23.8 Å². The first kappa shape index (κ1) is 22.8. The molecule has 1 heterocycles. The van der Waals surface area contributed by atoms with E-state index in [1.165, 1.54) is 14.2 Å². The van der Waals surface area contributed by atoms with Gasteiger partial charge in [-0.2, -0.15) is 0 Å². The van der Waals surface area contributed by atoms with Gasteiger partial charge in [0.2, 0.25) is 0 Å². The molecule has 0 bridgehead atoms. The Morgan fingerprint density at radius 2 is 1.41 bits per heavy atom. The molecule has 8 nitrogen and oxygen atoms in total. The number of nitrogens with zero attached hydrogens (tertiary/aromatic N) is 1. The molecule has 4 aromatic rings. The second kappa shape index (κ2) is 10.5. The van der Waals surface area contributed by atoms with Crippen LogP contribution in [-0.4, -0.2) is 31.0 Å². The number of hydrogen-bond donors (Lipinski definition) is 2. The molecule has 0 aliphatic heterocycles. The van der Waals surface area contributed by atoms with E-state index in [1.54, 1.807) is 47.8 Å². The zero-order chi connectivity index (χ0) is 23.9. The maximum absolute atomic E-state index is 12.6. The molecule has 1 aromatic heterocycles. The van der Waals surface area contributed by atoms with E-state index in [4.69, 9.17) is 14.2 Å². The van der Waals surface area contributed by atoms with Crippen LogP contribution in [0.25, 0.3) is 0 Å². The molecule has 0 unspecified atom stereocenters. The molecule has 0 radical (unpaired) electrons. The summed E-state index contributed by atoms with van der Waals surface area (Å²) in [5.74, 6) is 1.57. The molecule has 2 N–H and O–H groups in total. The third-order valence-electron chi connectivity index (χ3n) is 4.66. The zero-order valence-electron chi connectivity index (χ0n) is 18.4. The lowest BCUT2D eigenvalue weighted by atomic mass is 10.2. The lowest BCUT2D eigenvalue weighted by Crippen LogP contribution is -2.14. The summed E-state index contributed by atoms with van der Waals surface area (Å²) in [4.78, 5) is 29.4. The number of hydrogen-bond acceptors (Lipinski definition) is 7. The summed E-state index contributed by atoms with van der Waals surface area (Å²) in [6, 6.07) is 21.3. The highest BCUT2D eigenvalue weighted by atomic mass is 32.1. The first-order valence-corrected chi connectivity index (χ1v) is 11.1. The summed E-state index contributed by atoms with van der Waals surface area (Å²) in [6.45, 7) is 0. The first-order valence-electron chi connectivity index (χ1n) is 10.2. The minimum absolute atomic E-state index is 0.188. The predicted molar refractivity (Wildman–Crippen MR) is 131 cm³/mol. The van der Waals surface area contributed by atoms with Crippen LogP contribution in [0.15, 0.2) is 78.2 Å². The van der Waals surface area contributed by atoms with Gasteiger partial charge >= 0.3 is 0 Å². The Morgan fingerprint density at radius 1 is 0.765 bits per heavy atom. The molecule has 9 heteroatoms. The lowest BCUT2D eigenvalue weighted by molar-refractivity contribution is 0.101. The van der Waals surface area contributed by atoms with E-state index in [-0.39, 0.29) is 5.69 Å². The molecule has 0 aliphatic carbocycles. The molecule has 3 aromatic carbocycles. The van der Waals surface area contributed by atoms with Gasteiger partial charge in [0.1, 0.15) is 28.7 Å². The van der Waals surface area contributed by atoms with Gasteiger partial charge in [-0.3, -0.25) is 14.9 Å². The normalized spacial score (nSPS) is 10.3. The number of carbonyl (C=O) groups excluding carboxylic acids is 2. The molecule has 2 amide bonds. The van der Waals surface area contributed by atoms with Crippen LogP contribution in [0.4, 0.5) is 10.8 Å². The highest BCUT2D eigenvalue weighted by Crippen LogP contribution is 2.25. The van der Waals surface area contributed by atoms with Gasteiger partial charge in [0.25, 0.3) is 11.8 Å². The SMILES string of the molecule is COc1cc(OC)cc(C(=O)Nc2nc(C(=O)Nc3ccc(Oc4ccccc4)cc3)cs2)c1. The van der Waals surface area contributed by atoms with Gasteiger partial charge in [-0.25, -0.2) is 4.98 Å². The van der Waals surface area contributed by atoms with Gasteiger partial charge in [0, 0.05) is 22.7 Å².